The lowest BCUT2D eigenvalue weighted by atomic mass is 9.98. The molecule has 0 fully saturated rings. The van der Waals surface area contributed by atoms with Crippen LogP contribution < -0.4 is 10.2 Å². The van der Waals surface area contributed by atoms with Crippen LogP contribution in [0.5, 0.6) is 0 Å². The minimum Gasteiger partial charge on any atom is -0.367 e. The van der Waals surface area contributed by atoms with Gasteiger partial charge in [0.1, 0.15) is 0 Å². The van der Waals surface area contributed by atoms with Gasteiger partial charge < -0.3 is 10.2 Å². The van der Waals surface area contributed by atoms with Crippen LogP contribution in [0.1, 0.15) is 32.8 Å². The summed E-state index contributed by atoms with van der Waals surface area (Å²) in [7, 11) is 0. The van der Waals surface area contributed by atoms with Crippen LogP contribution in [0.25, 0.3) is 0 Å². The van der Waals surface area contributed by atoms with E-state index in [1.54, 1.807) is 0 Å². The molecule has 0 amide bonds. The molecule has 1 aliphatic heterocycles. The summed E-state index contributed by atoms with van der Waals surface area (Å²) in [5.74, 6) is 0.700. The summed E-state index contributed by atoms with van der Waals surface area (Å²) in [6.07, 6.45) is 1.21. The fourth-order valence-corrected chi connectivity index (χ4v) is 2.88. The van der Waals surface area contributed by atoms with Gasteiger partial charge in [-0.15, -0.1) is 0 Å². The number of hydrogen-bond donors (Lipinski definition) is 1. The largest absolute Gasteiger partial charge is 0.367 e. The molecule has 0 saturated carbocycles. The van der Waals surface area contributed by atoms with Crippen LogP contribution in [-0.4, -0.2) is 19.1 Å². The van der Waals surface area contributed by atoms with Crippen LogP contribution >= 0.6 is 0 Å². The highest BCUT2D eigenvalue weighted by Gasteiger charge is 2.23. The van der Waals surface area contributed by atoms with Crippen LogP contribution in [0.4, 0.5) is 5.69 Å². The predicted octanol–water partition coefficient (Wildman–Crippen LogP) is 3.03. The van der Waals surface area contributed by atoms with Gasteiger partial charge in [0.2, 0.25) is 0 Å². The lowest BCUT2D eigenvalue weighted by Crippen LogP contribution is -2.41. The van der Waals surface area contributed by atoms with E-state index in [4.69, 9.17) is 0 Å². The van der Waals surface area contributed by atoms with Crippen molar-refractivity contribution in [3.63, 3.8) is 0 Å². The van der Waals surface area contributed by atoms with Crippen LogP contribution in [0.3, 0.4) is 0 Å². The molecule has 1 unspecified atom stereocenters. The summed E-state index contributed by atoms with van der Waals surface area (Å²) in [4.78, 5) is 2.60. The van der Waals surface area contributed by atoms with Gasteiger partial charge in [0, 0.05) is 31.4 Å². The molecular weight excluding hydrogens is 208 g/mol. The van der Waals surface area contributed by atoms with Crippen molar-refractivity contribution < 1.29 is 0 Å². The molecule has 0 radical (unpaired) electrons. The highest BCUT2D eigenvalue weighted by Crippen LogP contribution is 2.27. The Labute approximate surface area is 105 Å². The van der Waals surface area contributed by atoms with E-state index in [1.165, 1.54) is 17.7 Å². The van der Waals surface area contributed by atoms with Crippen molar-refractivity contribution in [2.24, 2.45) is 5.92 Å². The maximum Gasteiger partial charge on any atom is 0.0414 e. The molecule has 1 atom stereocenters. The van der Waals surface area contributed by atoms with Crippen molar-refractivity contribution >= 4 is 5.69 Å². The zero-order chi connectivity index (χ0) is 12.3. The van der Waals surface area contributed by atoms with Crippen LogP contribution in [0.2, 0.25) is 0 Å². The van der Waals surface area contributed by atoms with E-state index in [0.29, 0.717) is 12.0 Å². The first kappa shape index (κ1) is 12.4. The molecule has 94 valence electrons. The van der Waals surface area contributed by atoms with E-state index in [2.05, 4.69) is 55.3 Å². The highest BCUT2D eigenvalue weighted by atomic mass is 15.2. The van der Waals surface area contributed by atoms with E-state index in [1.807, 2.05) is 0 Å². The Balaban J connectivity index is 2.33. The van der Waals surface area contributed by atoms with Crippen LogP contribution in [0, 0.1) is 5.92 Å². The summed E-state index contributed by atoms with van der Waals surface area (Å²) >= 11 is 0. The third kappa shape index (κ3) is 2.63. The summed E-state index contributed by atoms with van der Waals surface area (Å²) in [5, 5.41) is 3.51. The van der Waals surface area contributed by atoms with E-state index >= 15 is 0 Å². The van der Waals surface area contributed by atoms with E-state index in [0.717, 1.165) is 19.6 Å². The topological polar surface area (TPSA) is 15.3 Å². The van der Waals surface area contributed by atoms with E-state index < -0.39 is 0 Å². The van der Waals surface area contributed by atoms with Crippen molar-refractivity contribution in [1.29, 1.82) is 0 Å². The molecule has 2 heteroatoms. The SMILES string of the molecule is CCC(C(C)C)N1CCNCc2ccccc21. The maximum atomic E-state index is 3.51. The van der Waals surface area contributed by atoms with Gasteiger partial charge in [0.25, 0.3) is 0 Å². The fraction of sp³-hybridized carbons (Fsp3) is 0.600. The van der Waals surface area contributed by atoms with Gasteiger partial charge in [-0.1, -0.05) is 39.0 Å². The molecular formula is C15H24N2. The van der Waals surface area contributed by atoms with Gasteiger partial charge in [-0.2, -0.15) is 0 Å². The highest BCUT2D eigenvalue weighted by molar-refractivity contribution is 5.55. The van der Waals surface area contributed by atoms with E-state index in [9.17, 15) is 0 Å². The molecule has 1 aromatic rings. The van der Waals surface area contributed by atoms with Crippen molar-refractivity contribution in [3.05, 3.63) is 29.8 Å². The first-order valence-electron chi connectivity index (χ1n) is 6.79. The second-order valence-electron chi connectivity index (χ2n) is 5.22. The molecule has 0 spiro atoms. The molecule has 1 N–H and O–H groups in total. The number of rotatable bonds is 3. The molecule has 0 aliphatic carbocycles. The molecule has 1 aliphatic rings. The second kappa shape index (κ2) is 5.54. The van der Waals surface area contributed by atoms with Crippen molar-refractivity contribution in [2.45, 2.75) is 39.8 Å². The molecule has 0 saturated heterocycles. The molecule has 0 bridgehead atoms. The Bertz CT molecular complexity index is 360. The third-order valence-electron chi connectivity index (χ3n) is 3.73. The number of benzene rings is 1. The molecule has 1 aromatic carbocycles. The number of anilines is 1. The summed E-state index contributed by atoms with van der Waals surface area (Å²) < 4.78 is 0. The van der Waals surface area contributed by atoms with Crippen LogP contribution in [0.15, 0.2) is 24.3 Å². The molecule has 2 rings (SSSR count). The molecule has 2 nitrogen and oxygen atoms in total. The van der Waals surface area contributed by atoms with E-state index in [-0.39, 0.29) is 0 Å². The average molecular weight is 232 g/mol. The third-order valence-corrected chi connectivity index (χ3v) is 3.73. The summed E-state index contributed by atoms with van der Waals surface area (Å²) in [5.41, 5.74) is 2.86. The fourth-order valence-electron chi connectivity index (χ4n) is 2.88. The van der Waals surface area contributed by atoms with Gasteiger partial charge in [0.15, 0.2) is 0 Å². The predicted molar refractivity (Wildman–Crippen MR) is 74.4 cm³/mol. The lowest BCUT2D eigenvalue weighted by molar-refractivity contribution is 0.442. The Morgan fingerprint density at radius 2 is 2.06 bits per heavy atom. The van der Waals surface area contributed by atoms with Crippen molar-refractivity contribution in [3.8, 4) is 0 Å². The quantitative estimate of drug-likeness (QED) is 0.861. The van der Waals surface area contributed by atoms with Gasteiger partial charge in [-0.3, -0.25) is 0 Å². The standard InChI is InChI=1S/C15H24N2/c1-4-14(12(2)3)17-10-9-16-11-13-7-5-6-8-15(13)17/h5-8,12,14,16H,4,9-11H2,1-3H3. The smallest absolute Gasteiger partial charge is 0.0414 e. The average Bonchev–Trinajstić information content (AvgIpc) is 2.53. The second-order valence-corrected chi connectivity index (χ2v) is 5.22. The van der Waals surface area contributed by atoms with Gasteiger partial charge in [-0.05, 0) is 24.0 Å². The van der Waals surface area contributed by atoms with Gasteiger partial charge >= 0.3 is 0 Å². The first-order valence-corrected chi connectivity index (χ1v) is 6.79. The lowest BCUT2D eigenvalue weighted by Gasteiger charge is -2.35. The minimum atomic E-state index is 0.649. The first-order chi connectivity index (χ1) is 8.24. The molecule has 17 heavy (non-hydrogen) atoms. The maximum absolute atomic E-state index is 3.51. The monoisotopic (exact) mass is 232 g/mol. The zero-order valence-electron chi connectivity index (χ0n) is 11.2. The Morgan fingerprint density at radius 1 is 1.29 bits per heavy atom. The summed E-state index contributed by atoms with van der Waals surface area (Å²) in [6.45, 7) is 10.2. The van der Waals surface area contributed by atoms with Crippen molar-refractivity contribution in [1.82, 2.24) is 5.32 Å². The Morgan fingerprint density at radius 3 is 2.76 bits per heavy atom. The summed E-state index contributed by atoms with van der Waals surface area (Å²) in [6, 6.07) is 9.46. The number of nitrogens with one attached hydrogen (secondary N) is 1. The number of fused-ring (bicyclic) bond motifs is 1. The normalized spacial score (nSPS) is 17.8. The van der Waals surface area contributed by atoms with Gasteiger partial charge in [0.05, 0.1) is 0 Å². The van der Waals surface area contributed by atoms with Crippen molar-refractivity contribution in [2.75, 3.05) is 18.0 Å². The number of hydrogen-bond acceptors (Lipinski definition) is 2. The molecule has 1 heterocycles. The van der Waals surface area contributed by atoms with Crippen LogP contribution in [-0.2, 0) is 6.54 Å². The Hall–Kier alpha value is -1.02. The number of para-hydroxylation sites is 1. The van der Waals surface area contributed by atoms with Gasteiger partial charge in [-0.25, -0.2) is 0 Å². The molecule has 0 aromatic heterocycles. The zero-order valence-corrected chi connectivity index (χ0v) is 11.2. The Kier molecular flexibility index (Phi) is 4.06. The number of nitrogens with zero attached hydrogens (tertiary/aromatic N) is 1. The minimum absolute atomic E-state index is 0.649.